The van der Waals surface area contributed by atoms with Gasteiger partial charge in [0.15, 0.2) is 5.75 Å². The van der Waals surface area contributed by atoms with Gasteiger partial charge in [0.1, 0.15) is 17.5 Å². The molecule has 0 radical (unpaired) electrons. The molecule has 2 amide bonds. The molecule has 0 saturated heterocycles. The number of aromatic nitrogens is 1. The molecule has 2 heterocycles. The Labute approximate surface area is 152 Å². The van der Waals surface area contributed by atoms with Gasteiger partial charge in [-0.1, -0.05) is 18.2 Å². The first kappa shape index (κ1) is 18.0. The van der Waals surface area contributed by atoms with Crippen molar-refractivity contribution in [1.82, 2.24) is 15.6 Å². The number of ether oxygens (including phenoxy) is 2. The summed E-state index contributed by atoms with van der Waals surface area (Å²) in [5.74, 6) is -0.284. The number of rotatable bonds is 6. The van der Waals surface area contributed by atoms with Gasteiger partial charge in [-0.25, -0.2) is 0 Å². The van der Waals surface area contributed by atoms with Crippen LogP contribution in [0.1, 0.15) is 57.6 Å². The first-order valence-corrected chi connectivity index (χ1v) is 8.63. The van der Waals surface area contributed by atoms with Crippen molar-refractivity contribution in [2.45, 2.75) is 33.2 Å². The second-order valence-electron chi connectivity index (χ2n) is 6.10. The SMILES string of the molecule is CCNC(=O)c1cc(O[C@H](C)c2cccc3c2COC3)c(C(=O)NC)[nH]1. The van der Waals surface area contributed by atoms with Gasteiger partial charge in [0.05, 0.1) is 13.2 Å². The van der Waals surface area contributed by atoms with Gasteiger partial charge in [0.2, 0.25) is 0 Å². The molecule has 1 aromatic heterocycles. The van der Waals surface area contributed by atoms with Gasteiger partial charge < -0.3 is 25.1 Å². The van der Waals surface area contributed by atoms with E-state index in [0.29, 0.717) is 25.5 Å². The highest BCUT2D eigenvalue weighted by molar-refractivity contribution is 5.99. The van der Waals surface area contributed by atoms with Crippen LogP contribution in [0.15, 0.2) is 24.3 Å². The number of H-pyrrole nitrogens is 1. The maximum Gasteiger partial charge on any atom is 0.271 e. The highest BCUT2D eigenvalue weighted by Crippen LogP contribution is 2.32. The lowest BCUT2D eigenvalue weighted by Crippen LogP contribution is -2.23. The number of amides is 2. The summed E-state index contributed by atoms with van der Waals surface area (Å²) >= 11 is 0. The molecule has 0 saturated carbocycles. The first-order valence-electron chi connectivity index (χ1n) is 8.63. The maximum absolute atomic E-state index is 12.2. The molecule has 0 aliphatic carbocycles. The van der Waals surface area contributed by atoms with E-state index in [4.69, 9.17) is 9.47 Å². The van der Waals surface area contributed by atoms with Crippen molar-refractivity contribution in [3.63, 3.8) is 0 Å². The number of benzene rings is 1. The summed E-state index contributed by atoms with van der Waals surface area (Å²) in [5.41, 5.74) is 3.81. The molecule has 7 heteroatoms. The van der Waals surface area contributed by atoms with E-state index in [0.717, 1.165) is 16.7 Å². The van der Waals surface area contributed by atoms with Crippen molar-refractivity contribution in [3.8, 4) is 5.75 Å². The lowest BCUT2D eigenvalue weighted by Gasteiger charge is -2.17. The molecule has 1 aromatic carbocycles. The molecule has 0 unspecified atom stereocenters. The Morgan fingerprint density at radius 2 is 2.12 bits per heavy atom. The largest absolute Gasteiger partial charge is 0.484 e. The summed E-state index contributed by atoms with van der Waals surface area (Å²) < 4.78 is 11.6. The topological polar surface area (TPSA) is 92.4 Å². The zero-order valence-corrected chi connectivity index (χ0v) is 15.1. The standard InChI is InChI=1S/C19H23N3O4/c1-4-21-18(23)15-8-16(17(22-15)19(24)20-3)26-11(2)13-7-5-6-12-9-25-10-14(12)13/h5-8,11,22H,4,9-10H2,1-3H3,(H,20,24)(H,21,23)/t11-/m1/s1. The minimum atomic E-state index is -0.343. The number of hydrogen-bond donors (Lipinski definition) is 3. The van der Waals surface area contributed by atoms with Crippen LogP contribution in [-0.4, -0.2) is 30.4 Å². The van der Waals surface area contributed by atoms with Crippen LogP contribution in [0.2, 0.25) is 0 Å². The predicted octanol–water partition coefficient (Wildman–Crippen LogP) is 2.29. The van der Waals surface area contributed by atoms with E-state index in [9.17, 15) is 9.59 Å². The quantitative estimate of drug-likeness (QED) is 0.740. The van der Waals surface area contributed by atoms with Gasteiger partial charge in [0.25, 0.3) is 11.8 Å². The number of hydrogen-bond acceptors (Lipinski definition) is 4. The lowest BCUT2D eigenvalue weighted by atomic mass is 10.00. The minimum Gasteiger partial charge on any atom is -0.484 e. The minimum absolute atomic E-state index is 0.226. The third kappa shape index (κ3) is 3.43. The summed E-state index contributed by atoms with van der Waals surface area (Å²) in [6, 6.07) is 7.57. The van der Waals surface area contributed by atoms with Gasteiger partial charge in [-0.05, 0) is 30.5 Å². The van der Waals surface area contributed by atoms with Gasteiger partial charge in [0, 0.05) is 19.7 Å². The summed E-state index contributed by atoms with van der Waals surface area (Å²) in [7, 11) is 1.53. The van der Waals surface area contributed by atoms with Gasteiger partial charge in [-0.15, -0.1) is 0 Å². The zero-order chi connectivity index (χ0) is 18.7. The van der Waals surface area contributed by atoms with Crippen LogP contribution in [-0.2, 0) is 18.0 Å². The molecular weight excluding hydrogens is 334 g/mol. The molecule has 0 spiro atoms. The zero-order valence-electron chi connectivity index (χ0n) is 15.1. The van der Waals surface area contributed by atoms with Gasteiger partial charge in [-0.3, -0.25) is 9.59 Å². The fourth-order valence-electron chi connectivity index (χ4n) is 3.06. The molecule has 3 rings (SSSR count). The van der Waals surface area contributed by atoms with Crippen molar-refractivity contribution >= 4 is 11.8 Å². The third-order valence-electron chi connectivity index (χ3n) is 4.37. The van der Waals surface area contributed by atoms with Crippen LogP contribution in [0.3, 0.4) is 0 Å². The van der Waals surface area contributed by atoms with Gasteiger partial charge >= 0.3 is 0 Å². The van der Waals surface area contributed by atoms with E-state index in [-0.39, 0.29) is 29.3 Å². The van der Waals surface area contributed by atoms with Gasteiger partial charge in [-0.2, -0.15) is 0 Å². The van der Waals surface area contributed by atoms with E-state index in [1.54, 1.807) is 6.07 Å². The second kappa shape index (κ2) is 7.61. The van der Waals surface area contributed by atoms with Crippen molar-refractivity contribution in [2.75, 3.05) is 13.6 Å². The molecule has 1 atom stereocenters. The molecule has 2 aromatic rings. The van der Waals surface area contributed by atoms with Crippen LogP contribution < -0.4 is 15.4 Å². The van der Waals surface area contributed by atoms with Crippen molar-refractivity contribution in [1.29, 1.82) is 0 Å². The number of nitrogens with one attached hydrogen (secondary N) is 3. The third-order valence-corrected chi connectivity index (χ3v) is 4.37. The van der Waals surface area contributed by atoms with E-state index in [1.165, 1.54) is 7.05 Å². The highest BCUT2D eigenvalue weighted by Gasteiger charge is 2.24. The Hall–Kier alpha value is -2.80. The monoisotopic (exact) mass is 357 g/mol. The van der Waals surface area contributed by atoms with Crippen LogP contribution >= 0.6 is 0 Å². The van der Waals surface area contributed by atoms with Crippen molar-refractivity contribution in [3.05, 3.63) is 52.3 Å². The first-order chi connectivity index (χ1) is 12.5. The molecule has 0 bridgehead atoms. The summed E-state index contributed by atoms with van der Waals surface area (Å²) in [5, 5.41) is 5.26. The molecule has 26 heavy (non-hydrogen) atoms. The van der Waals surface area contributed by atoms with Crippen LogP contribution in [0.5, 0.6) is 5.75 Å². The number of fused-ring (bicyclic) bond motifs is 1. The molecular formula is C19H23N3O4. The van der Waals surface area contributed by atoms with Crippen molar-refractivity contribution in [2.24, 2.45) is 0 Å². The Morgan fingerprint density at radius 1 is 1.31 bits per heavy atom. The molecule has 1 aliphatic heterocycles. The maximum atomic E-state index is 12.2. The molecule has 7 nitrogen and oxygen atoms in total. The lowest BCUT2D eigenvalue weighted by molar-refractivity contribution is 0.0951. The molecule has 0 fully saturated rings. The van der Waals surface area contributed by atoms with Crippen LogP contribution in [0.25, 0.3) is 0 Å². The predicted molar refractivity (Wildman–Crippen MR) is 96.2 cm³/mol. The van der Waals surface area contributed by atoms with Crippen LogP contribution in [0.4, 0.5) is 0 Å². The van der Waals surface area contributed by atoms with E-state index < -0.39 is 0 Å². The Bertz CT molecular complexity index is 828. The fourth-order valence-corrected chi connectivity index (χ4v) is 3.06. The molecule has 3 N–H and O–H groups in total. The average Bonchev–Trinajstić information content (AvgIpc) is 3.27. The summed E-state index contributed by atoms with van der Waals surface area (Å²) in [6.45, 7) is 5.40. The summed E-state index contributed by atoms with van der Waals surface area (Å²) in [6.07, 6.45) is -0.298. The van der Waals surface area contributed by atoms with E-state index in [2.05, 4.69) is 15.6 Å². The Balaban J connectivity index is 1.90. The average molecular weight is 357 g/mol. The molecule has 138 valence electrons. The van der Waals surface area contributed by atoms with Crippen LogP contribution in [0, 0.1) is 0 Å². The van der Waals surface area contributed by atoms with Crippen molar-refractivity contribution < 1.29 is 19.1 Å². The van der Waals surface area contributed by atoms with E-state index in [1.807, 2.05) is 32.0 Å². The Kier molecular flexibility index (Phi) is 5.27. The second-order valence-corrected chi connectivity index (χ2v) is 6.10. The highest BCUT2D eigenvalue weighted by atomic mass is 16.5. The fraction of sp³-hybridized carbons (Fsp3) is 0.368. The summed E-state index contributed by atoms with van der Waals surface area (Å²) in [4.78, 5) is 27.1. The number of carbonyl (C=O) groups is 2. The molecule has 1 aliphatic rings. The normalized spacial score (nSPS) is 13.8. The van der Waals surface area contributed by atoms with E-state index >= 15 is 0 Å². The number of aromatic amines is 1. The number of carbonyl (C=O) groups excluding carboxylic acids is 2. The smallest absolute Gasteiger partial charge is 0.271 e. The Morgan fingerprint density at radius 3 is 2.85 bits per heavy atom.